The smallest absolute Gasteiger partial charge is 0.227 e. The second-order valence-corrected chi connectivity index (χ2v) is 5.38. The summed E-state index contributed by atoms with van der Waals surface area (Å²) in [4.78, 5) is 5.33. The fourth-order valence-corrected chi connectivity index (χ4v) is 2.74. The lowest BCUT2D eigenvalue weighted by Gasteiger charge is -2.17. The third-order valence-corrected chi connectivity index (χ3v) is 3.84. The first-order valence-electron chi connectivity index (χ1n) is 7.49. The van der Waals surface area contributed by atoms with Crippen LogP contribution < -0.4 is 4.90 Å². The fourth-order valence-electron chi connectivity index (χ4n) is 2.74. The van der Waals surface area contributed by atoms with E-state index in [9.17, 15) is 0 Å². The topological polar surface area (TPSA) is 76.0 Å². The molecule has 4 heterocycles. The highest BCUT2D eigenvalue weighted by Crippen LogP contribution is 2.26. The first kappa shape index (κ1) is 13.7. The second kappa shape index (κ2) is 5.35. The Labute approximate surface area is 132 Å². The Hall–Kier alpha value is -2.96. The fraction of sp³-hybridized carbons (Fsp3) is 0.250. The van der Waals surface area contributed by atoms with Gasteiger partial charge in [-0.3, -0.25) is 4.57 Å². The lowest BCUT2D eigenvalue weighted by atomic mass is 10.4. The SMILES string of the molecule is CCn1c(-c2cc3occc3[nH]2)nnc1N(C)Cc1ccco1. The van der Waals surface area contributed by atoms with Gasteiger partial charge in [-0.25, -0.2) is 0 Å². The summed E-state index contributed by atoms with van der Waals surface area (Å²) in [6.45, 7) is 3.48. The van der Waals surface area contributed by atoms with Gasteiger partial charge in [-0.15, -0.1) is 10.2 Å². The molecule has 0 aliphatic heterocycles. The molecule has 23 heavy (non-hydrogen) atoms. The van der Waals surface area contributed by atoms with Crippen LogP contribution in [0.5, 0.6) is 0 Å². The molecule has 0 saturated carbocycles. The minimum Gasteiger partial charge on any atom is -0.467 e. The van der Waals surface area contributed by atoms with Gasteiger partial charge in [0, 0.05) is 25.7 Å². The van der Waals surface area contributed by atoms with Crippen molar-refractivity contribution in [3.63, 3.8) is 0 Å². The number of hydrogen-bond donors (Lipinski definition) is 1. The maximum absolute atomic E-state index is 5.41. The first-order valence-corrected chi connectivity index (χ1v) is 7.49. The zero-order valence-electron chi connectivity index (χ0n) is 13.0. The number of anilines is 1. The Morgan fingerprint density at radius 3 is 2.87 bits per heavy atom. The molecule has 4 aromatic heterocycles. The minimum atomic E-state index is 0.637. The molecule has 0 fully saturated rings. The molecule has 7 nitrogen and oxygen atoms in total. The van der Waals surface area contributed by atoms with Gasteiger partial charge >= 0.3 is 0 Å². The summed E-state index contributed by atoms with van der Waals surface area (Å²) in [6, 6.07) is 7.67. The monoisotopic (exact) mass is 311 g/mol. The largest absolute Gasteiger partial charge is 0.467 e. The highest BCUT2D eigenvalue weighted by atomic mass is 16.3. The molecule has 0 saturated heterocycles. The number of H-pyrrole nitrogens is 1. The van der Waals surface area contributed by atoms with E-state index in [1.54, 1.807) is 12.5 Å². The number of aromatic nitrogens is 4. The Morgan fingerprint density at radius 2 is 2.13 bits per heavy atom. The van der Waals surface area contributed by atoms with E-state index in [1.807, 2.05) is 36.2 Å². The van der Waals surface area contributed by atoms with E-state index in [2.05, 4.69) is 26.7 Å². The summed E-state index contributed by atoms with van der Waals surface area (Å²) in [7, 11) is 1.98. The number of nitrogens with zero attached hydrogens (tertiary/aromatic N) is 4. The highest BCUT2D eigenvalue weighted by molar-refractivity contribution is 5.79. The summed E-state index contributed by atoms with van der Waals surface area (Å²) >= 11 is 0. The van der Waals surface area contributed by atoms with E-state index >= 15 is 0 Å². The molecule has 0 unspecified atom stereocenters. The number of furan rings is 2. The summed E-state index contributed by atoms with van der Waals surface area (Å²) in [6.07, 6.45) is 3.34. The molecular formula is C16H17N5O2. The zero-order chi connectivity index (χ0) is 15.8. The number of fused-ring (bicyclic) bond motifs is 1. The van der Waals surface area contributed by atoms with Crippen LogP contribution >= 0.6 is 0 Å². The standard InChI is InChI=1S/C16H17N5O2/c1-3-21-15(13-9-14-12(17-13)6-8-23-14)18-19-16(21)20(2)10-11-5-4-7-22-11/h4-9,17H,3,10H2,1-2H3. The van der Waals surface area contributed by atoms with Crippen molar-refractivity contribution in [2.75, 3.05) is 11.9 Å². The van der Waals surface area contributed by atoms with Crippen molar-refractivity contribution in [3.05, 3.63) is 42.6 Å². The van der Waals surface area contributed by atoms with Crippen molar-refractivity contribution in [1.82, 2.24) is 19.7 Å². The van der Waals surface area contributed by atoms with E-state index in [0.29, 0.717) is 6.54 Å². The summed E-state index contributed by atoms with van der Waals surface area (Å²) in [5.41, 5.74) is 2.67. The van der Waals surface area contributed by atoms with Gasteiger partial charge in [0.2, 0.25) is 5.95 Å². The molecule has 0 radical (unpaired) electrons. The van der Waals surface area contributed by atoms with E-state index < -0.39 is 0 Å². The first-order chi connectivity index (χ1) is 11.3. The predicted molar refractivity (Wildman–Crippen MR) is 86.1 cm³/mol. The molecule has 0 spiro atoms. The molecule has 0 amide bonds. The van der Waals surface area contributed by atoms with Gasteiger partial charge in [-0.1, -0.05) is 0 Å². The van der Waals surface area contributed by atoms with E-state index in [1.165, 1.54) is 0 Å². The van der Waals surface area contributed by atoms with Crippen molar-refractivity contribution < 1.29 is 8.83 Å². The summed E-state index contributed by atoms with van der Waals surface area (Å²) in [5.74, 6) is 2.47. The summed E-state index contributed by atoms with van der Waals surface area (Å²) < 4.78 is 12.9. The molecule has 7 heteroatoms. The maximum Gasteiger partial charge on any atom is 0.227 e. The molecule has 0 aromatic carbocycles. The van der Waals surface area contributed by atoms with Gasteiger partial charge in [0.05, 0.1) is 30.3 Å². The zero-order valence-corrected chi connectivity index (χ0v) is 13.0. The second-order valence-electron chi connectivity index (χ2n) is 5.38. The summed E-state index contributed by atoms with van der Waals surface area (Å²) in [5, 5.41) is 8.70. The van der Waals surface area contributed by atoms with Gasteiger partial charge in [0.15, 0.2) is 11.4 Å². The minimum absolute atomic E-state index is 0.637. The molecular weight excluding hydrogens is 294 g/mol. The van der Waals surface area contributed by atoms with Crippen molar-refractivity contribution in [1.29, 1.82) is 0 Å². The lowest BCUT2D eigenvalue weighted by molar-refractivity contribution is 0.504. The molecule has 118 valence electrons. The molecule has 0 aliphatic rings. The Balaban J connectivity index is 1.69. The average molecular weight is 311 g/mol. The lowest BCUT2D eigenvalue weighted by Crippen LogP contribution is -2.20. The van der Waals surface area contributed by atoms with Crippen LogP contribution in [0.25, 0.3) is 22.6 Å². The van der Waals surface area contributed by atoms with Gasteiger partial charge in [0.25, 0.3) is 0 Å². The van der Waals surface area contributed by atoms with Crippen LogP contribution in [-0.2, 0) is 13.1 Å². The molecule has 4 rings (SSSR count). The van der Waals surface area contributed by atoms with Crippen LogP contribution in [-0.4, -0.2) is 26.8 Å². The van der Waals surface area contributed by atoms with E-state index in [4.69, 9.17) is 8.83 Å². The van der Waals surface area contributed by atoms with Crippen LogP contribution in [0.1, 0.15) is 12.7 Å². The van der Waals surface area contributed by atoms with Crippen LogP contribution in [0, 0.1) is 0 Å². The van der Waals surface area contributed by atoms with Crippen LogP contribution in [0.15, 0.2) is 45.6 Å². The molecule has 0 aliphatic carbocycles. The number of hydrogen-bond acceptors (Lipinski definition) is 5. The number of rotatable bonds is 5. The van der Waals surface area contributed by atoms with Gasteiger partial charge in [-0.05, 0) is 19.1 Å². The van der Waals surface area contributed by atoms with E-state index in [-0.39, 0.29) is 0 Å². The maximum atomic E-state index is 5.41. The quantitative estimate of drug-likeness (QED) is 0.612. The van der Waals surface area contributed by atoms with E-state index in [0.717, 1.165) is 40.9 Å². The molecule has 0 bridgehead atoms. The molecule has 4 aromatic rings. The predicted octanol–water partition coefficient (Wildman–Crippen LogP) is 3.27. The van der Waals surface area contributed by atoms with Gasteiger partial charge in [-0.2, -0.15) is 0 Å². The Kier molecular flexibility index (Phi) is 3.18. The number of aromatic amines is 1. The third kappa shape index (κ3) is 2.30. The van der Waals surface area contributed by atoms with Crippen LogP contribution in [0.4, 0.5) is 5.95 Å². The Morgan fingerprint density at radius 1 is 1.22 bits per heavy atom. The highest BCUT2D eigenvalue weighted by Gasteiger charge is 2.18. The van der Waals surface area contributed by atoms with Crippen molar-refractivity contribution in [2.24, 2.45) is 0 Å². The third-order valence-electron chi connectivity index (χ3n) is 3.84. The van der Waals surface area contributed by atoms with Crippen LogP contribution in [0.2, 0.25) is 0 Å². The normalized spacial score (nSPS) is 11.4. The van der Waals surface area contributed by atoms with Crippen LogP contribution in [0.3, 0.4) is 0 Å². The van der Waals surface area contributed by atoms with Crippen molar-refractivity contribution in [2.45, 2.75) is 20.0 Å². The molecule has 1 N–H and O–H groups in total. The number of nitrogens with one attached hydrogen (secondary N) is 1. The van der Waals surface area contributed by atoms with Gasteiger partial charge < -0.3 is 18.7 Å². The average Bonchev–Trinajstić information content (AvgIpc) is 3.28. The van der Waals surface area contributed by atoms with Crippen molar-refractivity contribution in [3.8, 4) is 11.5 Å². The van der Waals surface area contributed by atoms with Crippen molar-refractivity contribution >= 4 is 17.0 Å². The Bertz CT molecular complexity index is 887. The molecule has 0 atom stereocenters. The van der Waals surface area contributed by atoms with Gasteiger partial charge in [0.1, 0.15) is 5.76 Å².